The first-order valence-corrected chi connectivity index (χ1v) is 18.1. The van der Waals surface area contributed by atoms with E-state index in [1.54, 1.807) is 12.4 Å². The molecule has 6 heteroatoms. The van der Waals surface area contributed by atoms with E-state index in [-0.39, 0.29) is 0 Å². The third kappa shape index (κ3) is 4.92. The summed E-state index contributed by atoms with van der Waals surface area (Å²) in [6.45, 7) is 0.723. The van der Waals surface area contributed by atoms with E-state index in [0.29, 0.717) is 17.5 Å². The minimum atomic E-state index is 0.602. The average Bonchev–Trinajstić information content (AvgIpc) is 3.25. The number of nitrogens with one attached hydrogen (secondary N) is 1. The molecule has 54 heavy (non-hydrogen) atoms. The van der Waals surface area contributed by atoms with Crippen LogP contribution in [0, 0.1) is 0 Å². The van der Waals surface area contributed by atoms with E-state index in [2.05, 4.69) is 96.3 Å². The number of fused-ring (bicyclic) bond motifs is 3. The van der Waals surface area contributed by atoms with Crippen molar-refractivity contribution >= 4 is 55.1 Å². The fourth-order valence-corrected chi connectivity index (χ4v) is 8.06. The lowest BCUT2D eigenvalue weighted by Crippen LogP contribution is -2.07. The van der Waals surface area contributed by atoms with Crippen molar-refractivity contribution in [1.82, 2.24) is 24.9 Å². The number of benzene rings is 8. The molecule has 0 aliphatic carbocycles. The van der Waals surface area contributed by atoms with Crippen LogP contribution in [0.1, 0.15) is 5.56 Å². The molecule has 0 unspecified atom stereocenters. The predicted octanol–water partition coefficient (Wildman–Crippen LogP) is 11.5. The van der Waals surface area contributed by atoms with Crippen molar-refractivity contribution in [3.8, 4) is 56.4 Å². The van der Waals surface area contributed by atoms with Crippen LogP contribution in [0.5, 0.6) is 0 Å². The molecule has 1 N–H and O–H groups in total. The van der Waals surface area contributed by atoms with Gasteiger partial charge in [0.1, 0.15) is 0 Å². The van der Waals surface area contributed by atoms with Gasteiger partial charge in [0.05, 0.1) is 16.7 Å². The molecular formula is C48H30N6. The second-order valence-electron chi connectivity index (χ2n) is 13.7. The van der Waals surface area contributed by atoms with Crippen molar-refractivity contribution in [1.29, 1.82) is 0 Å². The first-order valence-electron chi connectivity index (χ1n) is 18.1. The van der Waals surface area contributed by atoms with Crippen molar-refractivity contribution in [2.24, 2.45) is 0 Å². The van der Waals surface area contributed by atoms with Gasteiger partial charge in [-0.25, -0.2) is 15.0 Å². The third-order valence-electron chi connectivity index (χ3n) is 10.5. The van der Waals surface area contributed by atoms with E-state index in [1.807, 2.05) is 60.7 Å². The number of hydrogen-bond donors (Lipinski definition) is 1. The van der Waals surface area contributed by atoms with Crippen molar-refractivity contribution in [3.05, 3.63) is 164 Å². The molecule has 1 aliphatic rings. The van der Waals surface area contributed by atoms with Crippen LogP contribution in [-0.2, 0) is 0 Å². The standard InChI is InChI=1S/C48H30N6/c1-3-10-31(11-4-1)46-52-47(32-12-5-2-6-13-32)54-48(53-46)36-25-34(39-27-33-16-7-14-29-19-20-30-15-8-17-37(39)43(30)42(29)33)24-35(26-36)40-28-41-45(51-23-22-49-41)38-18-9-21-50-44(38)40/h1-20,22-28,50H,21H2. The Morgan fingerprint density at radius 1 is 0.463 bits per heavy atom. The highest BCUT2D eigenvalue weighted by Crippen LogP contribution is 2.44. The van der Waals surface area contributed by atoms with Crippen LogP contribution in [0.25, 0.3) is 106 Å². The molecule has 252 valence electrons. The van der Waals surface area contributed by atoms with E-state index in [9.17, 15) is 0 Å². The van der Waals surface area contributed by atoms with Gasteiger partial charge < -0.3 is 5.32 Å². The minimum absolute atomic E-state index is 0.602. The molecule has 0 fully saturated rings. The molecule has 1 aliphatic heterocycles. The summed E-state index contributed by atoms with van der Waals surface area (Å²) >= 11 is 0. The van der Waals surface area contributed by atoms with Crippen molar-refractivity contribution in [2.75, 3.05) is 11.9 Å². The number of anilines is 1. The first-order chi connectivity index (χ1) is 26.7. The maximum Gasteiger partial charge on any atom is 0.164 e. The summed E-state index contributed by atoms with van der Waals surface area (Å²) in [5, 5.41) is 11.1. The van der Waals surface area contributed by atoms with Crippen LogP contribution in [-0.4, -0.2) is 31.5 Å². The second kappa shape index (κ2) is 12.1. The Morgan fingerprint density at radius 2 is 1.07 bits per heavy atom. The molecule has 0 spiro atoms. The normalized spacial score (nSPS) is 12.4. The van der Waals surface area contributed by atoms with E-state index < -0.39 is 0 Å². The topological polar surface area (TPSA) is 76.5 Å². The molecule has 8 aromatic carbocycles. The lowest BCUT2D eigenvalue weighted by Gasteiger charge is -2.21. The molecule has 2 aromatic heterocycles. The van der Waals surface area contributed by atoms with Crippen LogP contribution >= 0.6 is 0 Å². The van der Waals surface area contributed by atoms with Crippen LogP contribution in [0.15, 0.2) is 158 Å². The number of rotatable bonds is 5. The maximum absolute atomic E-state index is 5.17. The Labute approximate surface area is 310 Å². The summed E-state index contributed by atoms with van der Waals surface area (Å²) in [7, 11) is 0. The highest BCUT2D eigenvalue weighted by Gasteiger charge is 2.21. The number of aromatic nitrogens is 5. The first kappa shape index (κ1) is 30.3. The SMILES string of the molecule is C1=Cc2c(c(-c3cc(-c4nc(-c5ccccc5)nc(-c5ccccc5)n4)cc(-c4cc5cccc6ccc7cccc4c7c65)c3)cc3nccnc23)NC1. The van der Waals surface area contributed by atoms with Gasteiger partial charge in [0.15, 0.2) is 17.5 Å². The largest absolute Gasteiger partial charge is 0.381 e. The summed E-state index contributed by atoms with van der Waals surface area (Å²) in [5.41, 5.74) is 10.8. The molecule has 0 bridgehead atoms. The molecule has 0 amide bonds. The van der Waals surface area contributed by atoms with E-state index in [0.717, 1.165) is 67.8 Å². The Bertz CT molecular complexity index is 3040. The fourth-order valence-electron chi connectivity index (χ4n) is 8.06. The molecule has 6 nitrogen and oxygen atoms in total. The molecule has 0 saturated carbocycles. The van der Waals surface area contributed by atoms with Gasteiger partial charge in [0.25, 0.3) is 0 Å². The second-order valence-corrected chi connectivity index (χ2v) is 13.7. The minimum Gasteiger partial charge on any atom is -0.381 e. The van der Waals surface area contributed by atoms with Gasteiger partial charge in [0.2, 0.25) is 0 Å². The maximum atomic E-state index is 5.17. The van der Waals surface area contributed by atoms with Crippen LogP contribution in [0.3, 0.4) is 0 Å². The van der Waals surface area contributed by atoms with Gasteiger partial charge in [-0.15, -0.1) is 0 Å². The summed E-state index contributed by atoms with van der Waals surface area (Å²) in [4.78, 5) is 24.8. The Morgan fingerprint density at radius 3 is 1.81 bits per heavy atom. The van der Waals surface area contributed by atoms with Crippen molar-refractivity contribution in [2.45, 2.75) is 0 Å². The van der Waals surface area contributed by atoms with Gasteiger partial charge in [0, 0.05) is 46.8 Å². The van der Waals surface area contributed by atoms with Gasteiger partial charge in [-0.1, -0.05) is 121 Å². The molecule has 10 aromatic rings. The zero-order valence-corrected chi connectivity index (χ0v) is 29.0. The van der Waals surface area contributed by atoms with E-state index >= 15 is 0 Å². The van der Waals surface area contributed by atoms with E-state index in [4.69, 9.17) is 24.9 Å². The fraction of sp³-hybridized carbons (Fsp3) is 0.0208. The zero-order valence-electron chi connectivity index (χ0n) is 29.0. The number of nitrogens with zero attached hydrogens (tertiary/aromatic N) is 5. The van der Waals surface area contributed by atoms with E-state index in [1.165, 1.54) is 32.3 Å². The van der Waals surface area contributed by atoms with Gasteiger partial charge in [-0.3, -0.25) is 9.97 Å². The van der Waals surface area contributed by atoms with Crippen LogP contribution < -0.4 is 5.32 Å². The average molecular weight is 691 g/mol. The van der Waals surface area contributed by atoms with Crippen molar-refractivity contribution in [3.63, 3.8) is 0 Å². The predicted molar refractivity (Wildman–Crippen MR) is 221 cm³/mol. The quantitative estimate of drug-likeness (QED) is 0.181. The summed E-state index contributed by atoms with van der Waals surface area (Å²) in [5.74, 6) is 1.85. The highest BCUT2D eigenvalue weighted by atomic mass is 15.0. The molecule has 0 atom stereocenters. The monoisotopic (exact) mass is 690 g/mol. The smallest absolute Gasteiger partial charge is 0.164 e. The van der Waals surface area contributed by atoms with Gasteiger partial charge in [-0.2, -0.15) is 0 Å². The molecular weight excluding hydrogens is 661 g/mol. The lowest BCUT2D eigenvalue weighted by atomic mass is 9.87. The molecule has 11 rings (SSSR count). The lowest BCUT2D eigenvalue weighted by molar-refractivity contribution is 1.07. The highest BCUT2D eigenvalue weighted by molar-refractivity contribution is 6.26. The Balaban J connectivity index is 1.23. The summed E-state index contributed by atoms with van der Waals surface area (Å²) in [6.07, 6.45) is 7.80. The van der Waals surface area contributed by atoms with Gasteiger partial charge in [-0.05, 0) is 79.3 Å². The Hall–Kier alpha value is -7.31. The summed E-state index contributed by atoms with van der Waals surface area (Å²) in [6, 6.07) is 49.2. The van der Waals surface area contributed by atoms with Crippen molar-refractivity contribution < 1.29 is 0 Å². The third-order valence-corrected chi connectivity index (χ3v) is 10.5. The molecule has 0 radical (unpaired) electrons. The molecule has 3 heterocycles. The van der Waals surface area contributed by atoms with Crippen LogP contribution in [0.2, 0.25) is 0 Å². The summed E-state index contributed by atoms with van der Waals surface area (Å²) < 4.78 is 0. The van der Waals surface area contributed by atoms with Crippen LogP contribution in [0.4, 0.5) is 5.69 Å². The zero-order chi connectivity index (χ0) is 35.6. The van der Waals surface area contributed by atoms with Gasteiger partial charge >= 0.3 is 0 Å². The molecule has 0 saturated heterocycles. The number of hydrogen-bond acceptors (Lipinski definition) is 6. The Kier molecular flexibility index (Phi) is 6.82.